The predicted molar refractivity (Wildman–Crippen MR) is 51.8 cm³/mol. The average Bonchev–Trinajstić information content (AvgIpc) is 0.722. The molecule has 0 aromatic rings. The van der Waals surface area contributed by atoms with Crippen LogP contribution in [0.15, 0.2) is 0 Å². The molecule has 0 fully saturated rings. The third-order valence-electron chi connectivity index (χ3n) is 0. The van der Waals surface area contributed by atoms with E-state index in [0.29, 0.717) is 0 Å². The van der Waals surface area contributed by atoms with E-state index in [2.05, 4.69) is 0 Å². The van der Waals surface area contributed by atoms with E-state index < -0.39 is 7.82 Å². The van der Waals surface area contributed by atoms with Gasteiger partial charge in [-0.3, -0.25) is 4.70 Å². The first-order chi connectivity index (χ1) is 2.00. The van der Waals surface area contributed by atoms with Gasteiger partial charge in [0.1, 0.15) is 0 Å². The third-order valence-corrected chi connectivity index (χ3v) is 0. The molecule has 0 aromatic heterocycles. The van der Waals surface area contributed by atoms with Gasteiger partial charge in [-0.25, -0.2) is 4.57 Å². The monoisotopic (exact) mass is 270 g/mol. The zero-order valence-corrected chi connectivity index (χ0v) is 4.00. The van der Waals surface area contributed by atoms with Crippen LogP contribution in [0.1, 0.15) is 0 Å². The number of halogens is 1. The van der Waals surface area contributed by atoms with Crippen LogP contribution in [0.2, 0.25) is 0 Å². The summed E-state index contributed by atoms with van der Waals surface area (Å²) in [4.78, 5) is 21.6. The summed E-state index contributed by atoms with van der Waals surface area (Å²) < 4.78 is 8.88. The Morgan fingerprint density at radius 2 is 1.00 bits per heavy atom. The zero-order valence-electron chi connectivity index (χ0n) is 3.11. The van der Waals surface area contributed by atoms with Gasteiger partial charge >= 0.3 is 140 Å². The van der Waals surface area contributed by atoms with Crippen molar-refractivity contribution >= 4 is 158 Å². The predicted octanol–water partition coefficient (Wildman–Crippen LogP) is -4.73. The normalized spacial score (nSPS) is 5.36. The van der Waals surface area contributed by atoms with Crippen molar-refractivity contribution < 1.29 is 29.4 Å². The molecule has 0 unspecified atom stereocenters. The van der Waals surface area contributed by atoms with Gasteiger partial charge in [0.2, 0.25) is 0 Å². The summed E-state index contributed by atoms with van der Waals surface area (Å²) in [5.41, 5.74) is 0. The van der Waals surface area contributed by atoms with Gasteiger partial charge in [-0.05, 0) is 0 Å². The number of hydrogen-bond acceptors (Lipinski definition) is 1. The van der Waals surface area contributed by atoms with Gasteiger partial charge in [0.25, 0.3) is 0 Å². The fraction of sp³-hybridized carbons (Fsp3) is 0. The second-order valence-electron chi connectivity index (χ2n) is 0.513. The summed E-state index contributed by atoms with van der Waals surface area (Å²) >= 11 is 0. The molecule has 0 amide bonds. The van der Waals surface area contributed by atoms with Crippen molar-refractivity contribution in [3.8, 4) is 0 Å². The molecule has 0 saturated heterocycles. The van der Waals surface area contributed by atoms with Crippen molar-refractivity contribution in [2.75, 3.05) is 0 Å². The van der Waals surface area contributed by atoms with E-state index in [0.717, 1.165) is 0 Å². The van der Waals surface area contributed by atoms with Crippen molar-refractivity contribution in [3.63, 3.8) is 0 Å². The topological polar surface area (TPSA) is 109 Å². The minimum absolute atomic E-state index is 0. The molecule has 5 nitrogen and oxygen atoms in total. The summed E-state index contributed by atoms with van der Waals surface area (Å²) in [5.74, 6) is 0. The van der Waals surface area contributed by atoms with Gasteiger partial charge in [-0.2, -0.15) is 0 Å². The summed E-state index contributed by atoms with van der Waals surface area (Å²) in [6.07, 6.45) is 0. The van der Waals surface area contributed by atoms with Crippen molar-refractivity contribution in [1.29, 1.82) is 0 Å². The maximum atomic E-state index is 8.88. The van der Waals surface area contributed by atoms with E-state index in [-0.39, 0.29) is 160 Å². The molecule has 0 aliphatic rings. The fourth-order valence-corrected chi connectivity index (χ4v) is 0. The molecule has 11 heteroatoms. The summed E-state index contributed by atoms with van der Waals surface area (Å²) in [6.45, 7) is 0. The fourth-order valence-electron chi connectivity index (χ4n) is 0. The molecule has 0 atom stereocenters. The Bertz CT molecular complexity index is 70.6. The van der Waals surface area contributed by atoms with Gasteiger partial charge in [0, 0.05) is 0 Å². The molecular weight excluding hydrogens is 258 g/mol. The molecule has 0 spiro atoms. The maximum absolute atomic E-state index is 8.88. The number of hydrogen-bond donors (Lipinski definition) is 3. The summed E-state index contributed by atoms with van der Waals surface area (Å²) in [6, 6.07) is 0. The average molecular weight is 270 g/mol. The van der Waals surface area contributed by atoms with E-state index in [1.807, 2.05) is 0 Å². The zero-order chi connectivity index (χ0) is 4.50. The van der Waals surface area contributed by atoms with E-state index in [1.165, 1.54) is 0 Å². The standard InChI is InChI=1S/Al.FH.2K.Na.H3O4P.H2O.6H/c;;;;;1-5(2,3)4;;;;;;;/h;1H;;;;(H3,1,2,3,4);1H2;;;;;;. The van der Waals surface area contributed by atoms with Gasteiger partial charge in [-0.1, -0.05) is 0 Å². The number of phosphoric acid groups is 1. The minimum atomic E-state index is -4.64. The van der Waals surface area contributed by atoms with E-state index in [9.17, 15) is 0 Å². The summed E-state index contributed by atoms with van der Waals surface area (Å²) in [5, 5.41) is 0. The van der Waals surface area contributed by atoms with Crippen LogP contribution in [-0.4, -0.2) is 170 Å². The van der Waals surface area contributed by atoms with Crippen molar-refractivity contribution in [2.45, 2.75) is 0 Å². The van der Waals surface area contributed by atoms with E-state index in [1.54, 1.807) is 0 Å². The quantitative estimate of drug-likeness (QED) is 0.303. The molecule has 0 aromatic carbocycles. The van der Waals surface area contributed by atoms with Crippen LogP contribution in [0.4, 0.5) is 4.70 Å². The Kier molecular flexibility index (Phi) is 98.2. The molecule has 0 aliphatic carbocycles. The van der Waals surface area contributed by atoms with Crippen LogP contribution in [0.5, 0.6) is 0 Å². The number of rotatable bonds is 0. The molecule has 0 radical (unpaired) electrons. The third kappa shape index (κ3) is 105. The molecule has 0 rings (SSSR count). The van der Waals surface area contributed by atoms with Crippen molar-refractivity contribution in [1.82, 2.24) is 0 Å². The van der Waals surface area contributed by atoms with Crippen LogP contribution in [0.25, 0.3) is 0 Å². The van der Waals surface area contributed by atoms with E-state index in [4.69, 9.17) is 19.2 Å². The Balaban J connectivity index is -0.00000000533. The first kappa shape index (κ1) is 44.7. The van der Waals surface area contributed by atoms with Crippen LogP contribution < -0.4 is 0 Å². The van der Waals surface area contributed by atoms with Crippen LogP contribution in [0.3, 0.4) is 0 Å². The molecular formula is H12AlFK2NaO5P. The molecule has 0 aliphatic heterocycles. The molecule has 11 heavy (non-hydrogen) atoms. The van der Waals surface area contributed by atoms with Crippen molar-refractivity contribution in [3.05, 3.63) is 0 Å². The van der Waals surface area contributed by atoms with Gasteiger partial charge in [0.15, 0.2) is 17.4 Å². The molecule has 0 bridgehead atoms. The molecule has 60 valence electrons. The first-order valence-corrected chi connectivity index (χ1v) is 2.35. The van der Waals surface area contributed by atoms with Gasteiger partial charge < -0.3 is 20.2 Å². The SMILES string of the molecule is F.O.O=P(O)(O)O.[AlH3].[KH].[KH].[NaH]. The first-order valence-electron chi connectivity index (χ1n) is 0.783. The van der Waals surface area contributed by atoms with Gasteiger partial charge in [0.05, 0.1) is 0 Å². The van der Waals surface area contributed by atoms with Crippen LogP contribution in [0, 0.1) is 0 Å². The van der Waals surface area contributed by atoms with Crippen LogP contribution >= 0.6 is 7.82 Å². The molecule has 5 N–H and O–H groups in total. The van der Waals surface area contributed by atoms with E-state index >= 15 is 0 Å². The second-order valence-corrected chi connectivity index (χ2v) is 1.54. The Hall–Kier alpha value is 4.81. The molecule has 0 saturated carbocycles. The Morgan fingerprint density at radius 3 is 1.00 bits per heavy atom. The van der Waals surface area contributed by atoms with Gasteiger partial charge in [-0.15, -0.1) is 0 Å². The second kappa shape index (κ2) is 24.2. The Morgan fingerprint density at radius 1 is 1.00 bits per heavy atom. The summed E-state index contributed by atoms with van der Waals surface area (Å²) in [7, 11) is -4.64. The molecule has 0 heterocycles. The van der Waals surface area contributed by atoms with Crippen LogP contribution in [-0.2, 0) is 4.57 Å². The van der Waals surface area contributed by atoms with Crippen molar-refractivity contribution in [2.24, 2.45) is 0 Å². The Labute approximate surface area is 182 Å².